The molecule has 1 N–H and O–H groups in total. The van der Waals surface area contributed by atoms with Crippen LogP contribution in [0, 0.1) is 23.7 Å². The molecule has 0 heterocycles. The van der Waals surface area contributed by atoms with E-state index in [-0.39, 0.29) is 0 Å². The van der Waals surface area contributed by atoms with Gasteiger partial charge in [-0.3, -0.25) is 0 Å². The Morgan fingerprint density at radius 1 is 1.12 bits per heavy atom. The molecule has 1 aromatic carbocycles. The third-order valence-electron chi connectivity index (χ3n) is 5.89. The van der Waals surface area contributed by atoms with E-state index < -0.39 is 7.60 Å². The number of hydrogen-bond donors (Lipinski definition) is 1. The maximum atomic E-state index is 11.6. The molecule has 4 nitrogen and oxygen atoms in total. The van der Waals surface area contributed by atoms with Crippen LogP contribution in [0.15, 0.2) is 23.8 Å². The monoisotopic (exact) mass is 382 g/mol. The van der Waals surface area contributed by atoms with Crippen LogP contribution in [0.1, 0.15) is 37.7 Å². The number of benzene rings is 1. The average Bonchev–Trinajstić information content (AvgIpc) is 2.47. The molecule has 6 heteroatoms. The minimum atomic E-state index is -3.63. The molecule has 0 amide bonds. The van der Waals surface area contributed by atoms with Gasteiger partial charge in [-0.05, 0) is 79.5 Å². The molecule has 25 heavy (non-hydrogen) atoms. The summed E-state index contributed by atoms with van der Waals surface area (Å²) in [5.41, 5.74) is 2.26. The Morgan fingerprint density at radius 3 is 2.24 bits per heavy atom. The summed E-state index contributed by atoms with van der Waals surface area (Å²) < 4.78 is 22.6. The second kappa shape index (κ2) is 6.33. The SMILES string of the molecule is COC(=C1C2CC3CC(C2)CC1C3)c1cc(Cl)cc(OP(C)(=O)O)c1. The van der Waals surface area contributed by atoms with Gasteiger partial charge in [-0.25, -0.2) is 4.57 Å². The first kappa shape index (κ1) is 17.5. The zero-order valence-corrected chi connectivity index (χ0v) is 16.2. The second-order valence-corrected chi connectivity index (χ2v) is 10.1. The molecule has 4 fully saturated rings. The normalized spacial score (nSPS) is 32.4. The zero-order chi connectivity index (χ0) is 17.8. The predicted octanol–water partition coefficient (Wildman–Crippen LogP) is 5.35. The summed E-state index contributed by atoms with van der Waals surface area (Å²) in [6, 6.07) is 5.17. The fourth-order valence-electron chi connectivity index (χ4n) is 5.41. The van der Waals surface area contributed by atoms with Crippen LogP contribution >= 0.6 is 19.2 Å². The van der Waals surface area contributed by atoms with Gasteiger partial charge in [0.1, 0.15) is 11.5 Å². The van der Waals surface area contributed by atoms with Crippen molar-refractivity contribution in [2.24, 2.45) is 23.7 Å². The molecule has 136 valence electrons. The smallest absolute Gasteiger partial charge is 0.373 e. The Bertz CT molecular complexity index is 737. The van der Waals surface area contributed by atoms with E-state index in [9.17, 15) is 9.46 Å². The second-order valence-electron chi connectivity index (χ2n) is 7.86. The largest absolute Gasteiger partial charge is 0.496 e. The lowest BCUT2D eigenvalue weighted by atomic mass is 9.54. The minimum Gasteiger partial charge on any atom is -0.496 e. The molecule has 1 aromatic rings. The Morgan fingerprint density at radius 2 is 1.72 bits per heavy atom. The highest BCUT2D eigenvalue weighted by molar-refractivity contribution is 7.52. The minimum absolute atomic E-state index is 0.301. The molecule has 4 saturated carbocycles. The van der Waals surface area contributed by atoms with Gasteiger partial charge in [0.05, 0.1) is 7.11 Å². The molecule has 4 aliphatic carbocycles. The quantitative estimate of drug-likeness (QED) is 0.563. The molecule has 0 aliphatic heterocycles. The summed E-state index contributed by atoms with van der Waals surface area (Å²) in [6.07, 6.45) is 6.46. The number of ether oxygens (including phenoxy) is 1. The van der Waals surface area contributed by atoms with Gasteiger partial charge in [-0.2, -0.15) is 0 Å². The van der Waals surface area contributed by atoms with E-state index in [2.05, 4.69) is 0 Å². The van der Waals surface area contributed by atoms with Gasteiger partial charge in [-0.15, -0.1) is 0 Å². The van der Waals surface area contributed by atoms with Crippen molar-refractivity contribution in [1.29, 1.82) is 0 Å². The third kappa shape index (κ3) is 3.49. The molecular formula is C19H24ClO4P. The molecule has 4 bridgehead atoms. The predicted molar refractivity (Wildman–Crippen MR) is 98.8 cm³/mol. The van der Waals surface area contributed by atoms with Crippen molar-refractivity contribution in [2.75, 3.05) is 13.8 Å². The number of allylic oxidation sites excluding steroid dienone is 1. The van der Waals surface area contributed by atoms with Gasteiger partial charge in [0.2, 0.25) is 0 Å². The summed E-state index contributed by atoms with van der Waals surface area (Å²) >= 11 is 6.24. The fourth-order valence-corrected chi connectivity index (χ4v) is 6.13. The Labute approximate surface area is 153 Å². The first-order chi connectivity index (χ1) is 11.8. The highest BCUT2D eigenvalue weighted by Gasteiger charge is 2.46. The Hall–Kier alpha value is -0.960. The molecule has 0 radical (unpaired) electrons. The van der Waals surface area contributed by atoms with Crippen molar-refractivity contribution in [1.82, 2.24) is 0 Å². The Balaban J connectivity index is 1.75. The number of halogens is 1. The highest BCUT2D eigenvalue weighted by atomic mass is 35.5. The van der Waals surface area contributed by atoms with Gasteiger partial charge < -0.3 is 14.2 Å². The lowest BCUT2D eigenvalue weighted by Crippen LogP contribution is -2.40. The van der Waals surface area contributed by atoms with Crippen molar-refractivity contribution in [2.45, 2.75) is 32.1 Å². The Kier molecular flexibility index (Phi) is 4.42. The number of rotatable bonds is 4. The van der Waals surface area contributed by atoms with Crippen LogP contribution in [-0.4, -0.2) is 18.7 Å². The van der Waals surface area contributed by atoms with Crippen molar-refractivity contribution in [3.05, 3.63) is 34.4 Å². The first-order valence-electron chi connectivity index (χ1n) is 8.91. The maximum absolute atomic E-state index is 11.6. The maximum Gasteiger partial charge on any atom is 0.373 e. The van der Waals surface area contributed by atoms with Crippen LogP contribution in [0.4, 0.5) is 0 Å². The fraction of sp³-hybridized carbons (Fsp3) is 0.579. The van der Waals surface area contributed by atoms with E-state index >= 15 is 0 Å². The summed E-state index contributed by atoms with van der Waals surface area (Å²) in [5.74, 6) is 4.14. The van der Waals surface area contributed by atoms with Crippen LogP contribution in [0.5, 0.6) is 5.75 Å². The summed E-state index contributed by atoms with van der Waals surface area (Å²) in [4.78, 5) is 9.51. The molecule has 1 unspecified atom stereocenters. The summed E-state index contributed by atoms with van der Waals surface area (Å²) in [7, 11) is -1.93. The van der Waals surface area contributed by atoms with Crippen LogP contribution < -0.4 is 4.52 Å². The van der Waals surface area contributed by atoms with E-state index in [1.807, 2.05) is 6.07 Å². The van der Waals surface area contributed by atoms with Crippen molar-refractivity contribution < 1.29 is 18.7 Å². The lowest BCUT2D eigenvalue weighted by molar-refractivity contribution is 0.0675. The van der Waals surface area contributed by atoms with E-state index in [0.29, 0.717) is 22.6 Å². The van der Waals surface area contributed by atoms with Gasteiger partial charge in [-0.1, -0.05) is 11.6 Å². The van der Waals surface area contributed by atoms with Crippen LogP contribution in [0.25, 0.3) is 5.76 Å². The molecule has 0 aromatic heterocycles. The van der Waals surface area contributed by atoms with Gasteiger partial charge >= 0.3 is 7.60 Å². The summed E-state index contributed by atoms with van der Waals surface area (Å²) in [6.45, 7) is 1.17. The third-order valence-corrected chi connectivity index (χ3v) is 6.66. The van der Waals surface area contributed by atoms with Crippen LogP contribution in [0.3, 0.4) is 0 Å². The first-order valence-corrected chi connectivity index (χ1v) is 11.3. The van der Waals surface area contributed by atoms with Crippen molar-refractivity contribution >= 4 is 25.0 Å². The van der Waals surface area contributed by atoms with Gasteiger partial charge in [0.15, 0.2) is 0 Å². The van der Waals surface area contributed by atoms with E-state index in [0.717, 1.165) is 23.2 Å². The molecule has 0 spiro atoms. The molecule has 1 atom stereocenters. The number of methoxy groups -OCH3 is 1. The zero-order valence-electron chi connectivity index (χ0n) is 14.6. The average molecular weight is 383 g/mol. The molecule has 4 aliphatic rings. The standard InChI is InChI=1S/C19H24ClO4P/c1-23-19(15-8-16(20)10-17(9-15)24-25(2,21)22)18-13-4-11-3-12(6-13)7-14(18)5-11/h8-14H,3-7H2,1-2H3,(H,21,22). The van der Waals surface area contributed by atoms with Crippen molar-refractivity contribution in [3.63, 3.8) is 0 Å². The van der Waals surface area contributed by atoms with E-state index in [1.54, 1.807) is 19.2 Å². The molecular weight excluding hydrogens is 359 g/mol. The number of hydrogen-bond acceptors (Lipinski definition) is 3. The van der Waals surface area contributed by atoms with Crippen molar-refractivity contribution in [3.8, 4) is 5.75 Å². The lowest BCUT2D eigenvalue weighted by Gasteiger charge is -2.51. The molecule has 0 saturated heterocycles. The highest BCUT2D eigenvalue weighted by Crippen LogP contribution is 2.58. The molecule has 5 rings (SSSR count). The van der Waals surface area contributed by atoms with Gasteiger partial charge in [0.25, 0.3) is 0 Å². The van der Waals surface area contributed by atoms with Crippen LogP contribution in [-0.2, 0) is 9.30 Å². The summed E-state index contributed by atoms with van der Waals surface area (Å²) in [5, 5.41) is 0.472. The van der Waals surface area contributed by atoms with Crippen LogP contribution in [0.2, 0.25) is 5.02 Å². The van der Waals surface area contributed by atoms with E-state index in [4.69, 9.17) is 20.9 Å². The topological polar surface area (TPSA) is 55.8 Å². The van der Waals surface area contributed by atoms with E-state index in [1.165, 1.54) is 44.3 Å². The van der Waals surface area contributed by atoms with Gasteiger partial charge in [0, 0.05) is 17.3 Å².